The van der Waals surface area contributed by atoms with E-state index < -0.39 is 11.6 Å². The SMILES string of the molecule is O=C(N[C@@H]1C[C@@H]1c1cccc(F)c1F)[C@H]1CCCN(C(=O)C2CC2)C1. The van der Waals surface area contributed by atoms with Crippen LogP contribution in [0.3, 0.4) is 0 Å². The van der Waals surface area contributed by atoms with Gasteiger partial charge in [0.25, 0.3) is 0 Å². The number of carbonyl (C=O) groups is 2. The number of halogens is 2. The van der Waals surface area contributed by atoms with Gasteiger partial charge in [-0.3, -0.25) is 9.59 Å². The van der Waals surface area contributed by atoms with E-state index in [0.717, 1.165) is 38.3 Å². The van der Waals surface area contributed by atoms with Crippen molar-refractivity contribution in [3.8, 4) is 0 Å². The van der Waals surface area contributed by atoms with Gasteiger partial charge in [-0.05, 0) is 43.7 Å². The van der Waals surface area contributed by atoms with Gasteiger partial charge in [-0.25, -0.2) is 8.78 Å². The van der Waals surface area contributed by atoms with Crippen LogP contribution in [0.2, 0.25) is 0 Å². The highest BCUT2D eigenvalue weighted by Crippen LogP contribution is 2.42. The molecule has 1 aromatic rings. The van der Waals surface area contributed by atoms with E-state index in [4.69, 9.17) is 0 Å². The van der Waals surface area contributed by atoms with E-state index in [0.29, 0.717) is 18.5 Å². The van der Waals surface area contributed by atoms with Crippen molar-refractivity contribution in [2.24, 2.45) is 11.8 Å². The van der Waals surface area contributed by atoms with Crippen molar-refractivity contribution >= 4 is 11.8 Å². The zero-order valence-corrected chi connectivity index (χ0v) is 14.0. The molecule has 4 rings (SSSR count). The number of carbonyl (C=O) groups excluding carboxylic acids is 2. The van der Waals surface area contributed by atoms with Crippen molar-refractivity contribution in [3.63, 3.8) is 0 Å². The molecule has 1 heterocycles. The van der Waals surface area contributed by atoms with Gasteiger partial charge in [0.2, 0.25) is 11.8 Å². The van der Waals surface area contributed by atoms with E-state index in [1.54, 1.807) is 6.07 Å². The highest BCUT2D eigenvalue weighted by molar-refractivity contribution is 5.83. The average Bonchev–Trinajstić information content (AvgIpc) is 3.52. The zero-order valence-electron chi connectivity index (χ0n) is 14.0. The lowest BCUT2D eigenvalue weighted by Gasteiger charge is -2.32. The van der Waals surface area contributed by atoms with Gasteiger partial charge >= 0.3 is 0 Å². The van der Waals surface area contributed by atoms with Crippen LogP contribution in [0.25, 0.3) is 0 Å². The fourth-order valence-corrected chi connectivity index (χ4v) is 3.79. The lowest BCUT2D eigenvalue weighted by atomic mass is 9.96. The van der Waals surface area contributed by atoms with Crippen molar-refractivity contribution in [1.82, 2.24) is 10.2 Å². The molecule has 3 aliphatic rings. The van der Waals surface area contributed by atoms with Crippen molar-refractivity contribution < 1.29 is 18.4 Å². The summed E-state index contributed by atoms with van der Waals surface area (Å²) in [6, 6.07) is 4.03. The summed E-state index contributed by atoms with van der Waals surface area (Å²) in [4.78, 5) is 26.5. The molecule has 134 valence electrons. The van der Waals surface area contributed by atoms with Crippen molar-refractivity contribution in [2.45, 2.75) is 44.1 Å². The van der Waals surface area contributed by atoms with Crippen LogP contribution >= 0.6 is 0 Å². The minimum atomic E-state index is -0.851. The molecule has 0 spiro atoms. The van der Waals surface area contributed by atoms with Gasteiger partial charge in [-0.1, -0.05) is 12.1 Å². The van der Waals surface area contributed by atoms with Gasteiger partial charge in [0, 0.05) is 31.0 Å². The second kappa shape index (κ2) is 6.39. The number of piperidine rings is 1. The van der Waals surface area contributed by atoms with Gasteiger partial charge in [-0.2, -0.15) is 0 Å². The van der Waals surface area contributed by atoms with Gasteiger partial charge in [0.05, 0.1) is 5.92 Å². The molecule has 1 saturated heterocycles. The second-order valence-electron chi connectivity index (χ2n) is 7.50. The first-order valence-corrected chi connectivity index (χ1v) is 9.07. The van der Waals surface area contributed by atoms with E-state index in [1.807, 2.05) is 4.90 Å². The standard InChI is InChI=1S/C19H22F2N2O2/c20-15-5-1-4-13(17(15)21)14-9-16(14)22-18(24)12-3-2-8-23(10-12)19(25)11-6-7-11/h1,4-5,11-12,14,16H,2-3,6-10H2,(H,22,24)/t12-,14+,16+/m0/s1. The Kier molecular flexibility index (Phi) is 4.21. The monoisotopic (exact) mass is 348 g/mol. The highest BCUT2D eigenvalue weighted by atomic mass is 19.2. The lowest BCUT2D eigenvalue weighted by molar-refractivity contribution is -0.136. The quantitative estimate of drug-likeness (QED) is 0.909. The summed E-state index contributed by atoms with van der Waals surface area (Å²) in [6.45, 7) is 1.21. The molecule has 2 aliphatic carbocycles. The molecule has 2 amide bonds. The number of rotatable bonds is 4. The number of nitrogens with zero attached hydrogens (tertiary/aromatic N) is 1. The van der Waals surface area contributed by atoms with Crippen LogP contribution < -0.4 is 5.32 Å². The maximum absolute atomic E-state index is 13.8. The number of amides is 2. The number of likely N-dealkylation sites (tertiary alicyclic amines) is 1. The molecular formula is C19H22F2N2O2. The molecule has 1 aliphatic heterocycles. The van der Waals surface area contributed by atoms with Gasteiger partial charge < -0.3 is 10.2 Å². The third kappa shape index (κ3) is 3.39. The molecule has 6 heteroatoms. The molecular weight excluding hydrogens is 326 g/mol. The Morgan fingerprint density at radius 2 is 1.92 bits per heavy atom. The molecule has 3 atom stereocenters. The molecule has 0 radical (unpaired) electrons. The average molecular weight is 348 g/mol. The number of hydrogen-bond donors (Lipinski definition) is 1. The van der Waals surface area contributed by atoms with Crippen LogP contribution in [-0.4, -0.2) is 35.8 Å². The summed E-state index contributed by atoms with van der Waals surface area (Å²) in [5.74, 6) is -1.74. The predicted molar refractivity (Wildman–Crippen MR) is 87.7 cm³/mol. The molecule has 1 aromatic carbocycles. The van der Waals surface area contributed by atoms with Crippen molar-refractivity contribution in [1.29, 1.82) is 0 Å². The topological polar surface area (TPSA) is 49.4 Å². The fourth-order valence-electron chi connectivity index (χ4n) is 3.79. The number of hydrogen-bond acceptors (Lipinski definition) is 2. The van der Waals surface area contributed by atoms with Crippen LogP contribution in [0.4, 0.5) is 8.78 Å². The summed E-state index contributed by atoms with van der Waals surface area (Å²) in [6.07, 6.45) is 4.17. The molecule has 2 saturated carbocycles. The van der Waals surface area contributed by atoms with E-state index in [-0.39, 0.29) is 35.6 Å². The Balaban J connectivity index is 1.33. The first-order chi connectivity index (χ1) is 12.0. The van der Waals surface area contributed by atoms with E-state index >= 15 is 0 Å². The molecule has 0 unspecified atom stereocenters. The molecule has 25 heavy (non-hydrogen) atoms. The normalized spacial score (nSPS) is 28.6. The van der Waals surface area contributed by atoms with Crippen LogP contribution in [0.15, 0.2) is 18.2 Å². The summed E-state index contributed by atoms with van der Waals surface area (Å²) in [7, 11) is 0. The summed E-state index contributed by atoms with van der Waals surface area (Å²) in [5.41, 5.74) is 0.333. The summed E-state index contributed by atoms with van der Waals surface area (Å²) < 4.78 is 27.2. The van der Waals surface area contributed by atoms with E-state index in [2.05, 4.69) is 5.32 Å². The third-order valence-electron chi connectivity index (χ3n) is 5.53. The van der Waals surface area contributed by atoms with Gasteiger partial charge in [0.15, 0.2) is 11.6 Å². The molecule has 0 aromatic heterocycles. The maximum Gasteiger partial charge on any atom is 0.225 e. The Morgan fingerprint density at radius 1 is 1.12 bits per heavy atom. The lowest BCUT2D eigenvalue weighted by Crippen LogP contribution is -2.46. The highest BCUT2D eigenvalue weighted by Gasteiger charge is 2.43. The van der Waals surface area contributed by atoms with E-state index in [1.165, 1.54) is 6.07 Å². The Labute approximate surface area is 145 Å². The van der Waals surface area contributed by atoms with Gasteiger partial charge in [0.1, 0.15) is 0 Å². The second-order valence-corrected chi connectivity index (χ2v) is 7.50. The van der Waals surface area contributed by atoms with Crippen LogP contribution in [0.1, 0.15) is 43.6 Å². The van der Waals surface area contributed by atoms with Crippen LogP contribution in [0.5, 0.6) is 0 Å². The Morgan fingerprint density at radius 3 is 2.68 bits per heavy atom. The predicted octanol–water partition coefficient (Wildman–Crippen LogP) is 2.59. The van der Waals surface area contributed by atoms with Gasteiger partial charge in [-0.15, -0.1) is 0 Å². The molecule has 4 nitrogen and oxygen atoms in total. The summed E-state index contributed by atoms with van der Waals surface area (Å²) in [5, 5.41) is 2.96. The third-order valence-corrected chi connectivity index (χ3v) is 5.53. The first kappa shape index (κ1) is 16.5. The largest absolute Gasteiger partial charge is 0.352 e. The summed E-state index contributed by atoms with van der Waals surface area (Å²) >= 11 is 0. The molecule has 3 fully saturated rings. The first-order valence-electron chi connectivity index (χ1n) is 9.07. The van der Waals surface area contributed by atoms with Crippen LogP contribution in [-0.2, 0) is 9.59 Å². The van der Waals surface area contributed by atoms with Crippen molar-refractivity contribution in [2.75, 3.05) is 13.1 Å². The smallest absolute Gasteiger partial charge is 0.225 e. The molecule has 1 N–H and O–H groups in total. The number of nitrogens with one attached hydrogen (secondary N) is 1. The molecule has 0 bridgehead atoms. The Bertz CT molecular complexity index is 705. The fraction of sp³-hybridized carbons (Fsp3) is 0.579. The minimum Gasteiger partial charge on any atom is -0.352 e. The minimum absolute atomic E-state index is 0.0717. The number of benzene rings is 1. The Hall–Kier alpha value is -1.98. The maximum atomic E-state index is 13.8. The van der Waals surface area contributed by atoms with E-state index in [9.17, 15) is 18.4 Å². The van der Waals surface area contributed by atoms with Crippen LogP contribution in [0, 0.1) is 23.5 Å². The zero-order chi connectivity index (χ0) is 17.6. The van der Waals surface area contributed by atoms with Crippen molar-refractivity contribution in [3.05, 3.63) is 35.4 Å².